The molecule has 142 valence electrons. The molecule has 0 atom stereocenters. The quantitative estimate of drug-likeness (QED) is 0.787. The van der Waals surface area contributed by atoms with Crippen molar-refractivity contribution in [2.24, 2.45) is 0 Å². The molecule has 3 nitrogen and oxygen atoms in total. The highest BCUT2D eigenvalue weighted by atomic mass is 35.5. The van der Waals surface area contributed by atoms with E-state index in [1.165, 1.54) is 29.7 Å². The molecule has 0 bridgehead atoms. The first-order valence-electron chi connectivity index (χ1n) is 9.93. The predicted octanol–water partition coefficient (Wildman–Crippen LogP) is 3.89. The van der Waals surface area contributed by atoms with Crippen LogP contribution in [0.2, 0.25) is 0 Å². The fourth-order valence-corrected chi connectivity index (χ4v) is 5.40. The van der Waals surface area contributed by atoms with Crippen LogP contribution in [0, 0.1) is 0 Å². The smallest absolute Gasteiger partial charge is 0.160 e. The number of anilines is 1. The molecule has 0 N–H and O–H groups in total. The van der Waals surface area contributed by atoms with Gasteiger partial charge >= 0.3 is 0 Å². The van der Waals surface area contributed by atoms with Crippen LogP contribution >= 0.6 is 12.4 Å². The Labute approximate surface area is 167 Å². The van der Waals surface area contributed by atoms with Gasteiger partial charge in [0.05, 0.1) is 0 Å². The third kappa shape index (κ3) is 3.07. The molecule has 0 saturated carbocycles. The second kappa shape index (κ2) is 7.29. The summed E-state index contributed by atoms with van der Waals surface area (Å²) in [5, 5.41) is 0. The summed E-state index contributed by atoms with van der Waals surface area (Å²) in [6.07, 6.45) is 4.96. The summed E-state index contributed by atoms with van der Waals surface area (Å²) in [5.74, 6) is 0.454. The second-order valence-corrected chi connectivity index (χ2v) is 8.06. The molecule has 0 aromatic heterocycles. The summed E-state index contributed by atoms with van der Waals surface area (Å²) in [4.78, 5) is 17.9. The molecule has 1 spiro atoms. The van der Waals surface area contributed by atoms with E-state index >= 15 is 0 Å². The van der Waals surface area contributed by atoms with E-state index in [1.807, 2.05) is 0 Å². The number of ketones is 1. The summed E-state index contributed by atoms with van der Waals surface area (Å²) < 4.78 is 0. The number of carbonyl (C=O) groups is 1. The average Bonchev–Trinajstić information content (AvgIpc) is 3.25. The van der Waals surface area contributed by atoms with Gasteiger partial charge in [-0.1, -0.05) is 42.5 Å². The normalized spacial score (nSPS) is 22.1. The standard InChI is InChI=1S/C23H26N2O.ClH/c26-22-10-13-25(20-8-2-1-3-9-20)23(22)11-14-24(15-12-23)21-16-18-6-4-5-7-19(18)17-21;/h1-9,21H,10-17H2;1H. The van der Waals surface area contributed by atoms with Gasteiger partial charge in [0.1, 0.15) is 5.54 Å². The number of benzene rings is 2. The van der Waals surface area contributed by atoms with E-state index in [2.05, 4.69) is 64.4 Å². The number of rotatable bonds is 2. The lowest BCUT2D eigenvalue weighted by atomic mass is 9.83. The topological polar surface area (TPSA) is 23.6 Å². The first-order valence-corrected chi connectivity index (χ1v) is 9.93. The van der Waals surface area contributed by atoms with Gasteiger partial charge in [-0.3, -0.25) is 9.69 Å². The molecule has 2 saturated heterocycles. The number of fused-ring (bicyclic) bond motifs is 1. The highest BCUT2D eigenvalue weighted by Gasteiger charge is 2.50. The SMILES string of the molecule is Cl.O=C1CCN(c2ccccc2)C12CCN(C1Cc3ccccc3C1)CC2. The lowest BCUT2D eigenvalue weighted by Gasteiger charge is -2.46. The molecule has 4 heteroatoms. The largest absolute Gasteiger partial charge is 0.358 e. The molecule has 1 aliphatic carbocycles. The second-order valence-electron chi connectivity index (χ2n) is 8.06. The molecule has 2 fully saturated rings. The third-order valence-electron chi connectivity index (χ3n) is 6.84. The van der Waals surface area contributed by atoms with Crippen LogP contribution in [0.25, 0.3) is 0 Å². The van der Waals surface area contributed by atoms with E-state index in [0.717, 1.165) is 32.5 Å². The summed E-state index contributed by atoms with van der Waals surface area (Å²) >= 11 is 0. The Hall–Kier alpha value is -1.84. The minimum Gasteiger partial charge on any atom is -0.358 e. The van der Waals surface area contributed by atoms with Crippen LogP contribution in [0.4, 0.5) is 5.69 Å². The number of piperidine rings is 1. The molecule has 2 heterocycles. The highest BCUT2D eigenvalue weighted by Crippen LogP contribution is 2.40. The summed E-state index contributed by atoms with van der Waals surface area (Å²) in [6.45, 7) is 2.94. The van der Waals surface area contributed by atoms with Crippen LogP contribution in [0.1, 0.15) is 30.4 Å². The zero-order valence-electron chi connectivity index (χ0n) is 15.6. The van der Waals surface area contributed by atoms with Gasteiger partial charge in [0, 0.05) is 37.8 Å². The van der Waals surface area contributed by atoms with Crippen molar-refractivity contribution in [3.05, 3.63) is 65.7 Å². The molecule has 2 aliphatic heterocycles. The number of nitrogens with zero attached hydrogens (tertiary/aromatic N) is 2. The average molecular weight is 383 g/mol. The van der Waals surface area contributed by atoms with Crippen molar-refractivity contribution in [3.63, 3.8) is 0 Å². The number of likely N-dealkylation sites (tertiary alicyclic amines) is 1. The number of hydrogen-bond donors (Lipinski definition) is 0. The molecule has 5 rings (SSSR count). The molecule has 0 amide bonds. The van der Waals surface area contributed by atoms with Crippen LogP contribution in [-0.4, -0.2) is 41.9 Å². The van der Waals surface area contributed by atoms with Crippen molar-refractivity contribution in [3.8, 4) is 0 Å². The maximum absolute atomic E-state index is 12.9. The Morgan fingerprint density at radius 2 is 1.41 bits per heavy atom. The Morgan fingerprint density at radius 3 is 2.04 bits per heavy atom. The van der Waals surface area contributed by atoms with Gasteiger partial charge in [0.25, 0.3) is 0 Å². The van der Waals surface area contributed by atoms with Gasteiger partial charge in [-0.15, -0.1) is 12.4 Å². The minimum absolute atomic E-state index is 0. The third-order valence-corrected chi connectivity index (χ3v) is 6.84. The lowest BCUT2D eigenvalue weighted by Crippen LogP contribution is -2.57. The molecule has 0 unspecified atom stereocenters. The van der Waals surface area contributed by atoms with Crippen molar-refractivity contribution in [2.45, 2.75) is 43.7 Å². The minimum atomic E-state index is -0.261. The van der Waals surface area contributed by atoms with Crippen LogP contribution in [-0.2, 0) is 17.6 Å². The maximum Gasteiger partial charge on any atom is 0.160 e. The number of halogens is 1. The van der Waals surface area contributed by atoms with Crippen LogP contribution in [0.15, 0.2) is 54.6 Å². The van der Waals surface area contributed by atoms with E-state index in [9.17, 15) is 4.79 Å². The zero-order valence-corrected chi connectivity index (χ0v) is 16.5. The Kier molecular flexibility index (Phi) is 5.00. The van der Waals surface area contributed by atoms with E-state index in [-0.39, 0.29) is 17.9 Å². The first kappa shape index (κ1) is 18.5. The fraction of sp³-hybridized carbons (Fsp3) is 0.435. The fourth-order valence-electron chi connectivity index (χ4n) is 5.40. The molecule has 2 aromatic rings. The van der Waals surface area contributed by atoms with Gasteiger partial charge < -0.3 is 4.90 Å². The highest BCUT2D eigenvalue weighted by molar-refractivity contribution is 5.95. The van der Waals surface area contributed by atoms with Gasteiger partial charge in [-0.25, -0.2) is 0 Å². The van der Waals surface area contributed by atoms with Crippen molar-refractivity contribution in [1.29, 1.82) is 0 Å². The van der Waals surface area contributed by atoms with Crippen LogP contribution < -0.4 is 4.90 Å². The van der Waals surface area contributed by atoms with E-state index in [1.54, 1.807) is 0 Å². The van der Waals surface area contributed by atoms with Crippen molar-refractivity contribution in [1.82, 2.24) is 4.90 Å². The Morgan fingerprint density at radius 1 is 0.815 bits per heavy atom. The lowest BCUT2D eigenvalue weighted by molar-refractivity contribution is -0.123. The molecular formula is C23H27ClN2O. The van der Waals surface area contributed by atoms with Crippen molar-refractivity contribution >= 4 is 23.9 Å². The van der Waals surface area contributed by atoms with E-state index in [0.29, 0.717) is 18.2 Å². The summed E-state index contributed by atoms with van der Waals surface area (Å²) in [5.41, 5.74) is 3.98. The number of Topliss-reactive ketones (excluding diaryl/α,β-unsaturated/α-hetero) is 1. The summed E-state index contributed by atoms with van der Waals surface area (Å²) in [7, 11) is 0. The number of hydrogen-bond acceptors (Lipinski definition) is 3. The van der Waals surface area contributed by atoms with Gasteiger partial charge in [0.2, 0.25) is 0 Å². The van der Waals surface area contributed by atoms with Crippen LogP contribution in [0.3, 0.4) is 0 Å². The molecule has 2 aromatic carbocycles. The van der Waals surface area contributed by atoms with Gasteiger partial charge in [-0.2, -0.15) is 0 Å². The van der Waals surface area contributed by atoms with Gasteiger partial charge in [0.15, 0.2) is 5.78 Å². The number of para-hydroxylation sites is 1. The van der Waals surface area contributed by atoms with E-state index < -0.39 is 0 Å². The molecule has 27 heavy (non-hydrogen) atoms. The monoisotopic (exact) mass is 382 g/mol. The predicted molar refractivity (Wildman–Crippen MR) is 112 cm³/mol. The number of carbonyl (C=O) groups excluding carboxylic acids is 1. The maximum atomic E-state index is 12.9. The van der Waals surface area contributed by atoms with Crippen molar-refractivity contribution < 1.29 is 4.79 Å². The first-order chi connectivity index (χ1) is 12.8. The van der Waals surface area contributed by atoms with Crippen LogP contribution in [0.5, 0.6) is 0 Å². The Balaban J connectivity index is 0.00000180. The molecule has 0 radical (unpaired) electrons. The Bertz CT molecular complexity index is 789. The zero-order chi connectivity index (χ0) is 17.6. The van der Waals surface area contributed by atoms with Crippen molar-refractivity contribution in [2.75, 3.05) is 24.5 Å². The van der Waals surface area contributed by atoms with E-state index in [4.69, 9.17) is 0 Å². The molecule has 3 aliphatic rings. The summed E-state index contributed by atoms with van der Waals surface area (Å²) in [6, 6.07) is 20.0. The van der Waals surface area contributed by atoms with Gasteiger partial charge in [-0.05, 0) is 48.9 Å². The molecular weight excluding hydrogens is 356 g/mol.